The van der Waals surface area contributed by atoms with Gasteiger partial charge in [-0.3, -0.25) is 4.79 Å². The maximum atomic E-state index is 11.5. The molecule has 118 valence electrons. The molecule has 1 aliphatic carbocycles. The number of esters is 1. The van der Waals surface area contributed by atoms with Crippen LogP contribution in [-0.2, 0) is 15.1 Å². The molecule has 1 aromatic heterocycles. The number of carbonyl (C=O) groups excluding carboxylic acids is 1. The molecule has 5 heteroatoms. The van der Waals surface area contributed by atoms with Crippen LogP contribution in [0.4, 0.5) is 0 Å². The van der Waals surface area contributed by atoms with E-state index in [1.54, 1.807) is 6.92 Å². The Bertz CT molecular complexity index is 472. The highest BCUT2D eigenvalue weighted by atomic mass is 16.5. The molecule has 0 aliphatic heterocycles. The number of furan rings is 1. The molecule has 21 heavy (non-hydrogen) atoms. The lowest BCUT2D eigenvalue weighted by Crippen LogP contribution is -2.42. The van der Waals surface area contributed by atoms with Gasteiger partial charge in [-0.25, -0.2) is 0 Å². The zero-order valence-electron chi connectivity index (χ0n) is 13.0. The second-order valence-corrected chi connectivity index (χ2v) is 6.14. The van der Waals surface area contributed by atoms with Gasteiger partial charge in [-0.2, -0.15) is 0 Å². The van der Waals surface area contributed by atoms with E-state index in [4.69, 9.17) is 9.15 Å². The molecule has 0 aromatic carbocycles. The summed E-state index contributed by atoms with van der Waals surface area (Å²) >= 11 is 0. The zero-order chi connectivity index (χ0) is 15.5. The van der Waals surface area contributed by atoms with Crippen LogP contribution in [0.1, 0.15) is 44.1 Å². The summed E-state index contributed by atoms with van der Waals surface area (Å²) in [7, 11) is 1.44. The van der Waals surface area contributed by atoms with Gasteiger partial charge in [0, 0.05) is 12.6 Å². The van der Waals surface area contributed by atoms with Crippen LogP contribution in [-0.4, -0.2) is 30.8 Å². The van der Waals surface area contributed by atoms with Gasteiger partial charge >= 0.3 is 5.97 Å². The van der Waals surface area contributed by atoms with E-state index in [0.29, 0.717) is 18.3 Å². The number of rotatable bonds is 5. The summed E-state index contributed by atoms with van der Waals surface area (Å²) in [5.41, 5.74) is -1.02. The molecule has 0 spiro atoms. The first kappa shape index (κ1) is 16.0. The topological polar surface area (TPSA) is 71.7 Å². The summed E-state index contributed by atoms with van der Waals surface area (Å²) in [4.78, 5) is 11.5. The van der Waals surface area contributed by atoms with Gasteiger partial charge in [0.1, 0.15) is 17.1 Å². The number of ether oxygens (including phenoxy) is 1. The van der Waals surface area contributed by atoms with Crippen molar-refractivity contribution in [2.24, 2.45) is 5.92 Å². The molecule has 0 bridgehead atoms. The Hall–Kier alpha value is -1.33. The maximum Gasteiger partial charge on any atom is 0.308 e. The van der Waals surface area contributed by atoms with Crippen LogP contribution in [0.25, 0.3) is 0 Å². The van der Waals surface area contributed by atoms with Crippen LogP contribution in [0.2, 0.25) is 0 Å². The average Bonchev–Trinajstić information content (AvgIpc) is 2.92. The van der Waals surface area contributed by atoms with Crippen LogP contribution in [0, 0.1) is 12.8 Å². The monoisotopic (exact) mass is 295 g/mol. The standard InChI is InChI=1S/C16H25NO4/c1-11-4-9-14(21-11)16(2,19)10-17-13-7-5-12(6-8-13)15(18)20-3/h4,9,12-13,17,19H,5-8,10H2,1-3H3. The average molecular weight is 295 g/mol. The number of carbonyl (C=O) groups is 1. The predicted molar refractivity (Wildman–Crippen MR) is 78.8 cm³/mol. The maximum absolute atomic E-state index is 11.5. The van der Waals surface area contributed by atoms with Gasteiger partial charge < -0.3 is 19.6 Å². The van der Waals surface area contributed by atoms with E-state index in [-0.39, 0.29) is 11.9 Å². The summed E-state index contributed by atoms with van der Waals surface area (Å²) in [6, 6.07) is 3.99. The number of aryl methyl sites for hydroxylation is 1. The molecule has 0 amide bonds. The molecule has 2 rings (SSSR count). The highest BCUT2D eigenvalue weighted by Crippen LogP contribution is 2.27. The largest absolute Gasteiger partial charge is 0.469 e. The SMILES string of the molecule is COC(=O)C1CCC(NCC(C)(O)c2ccc(C)o2)CC1. The van der Waals surface area contributed by atoms with Crippen molar-refractivity contribution in [3.8, 4) is 0 Å². The van der Waals surface area contributed by atoms with Gasteiger partial charge in [-0.05, 0) is 51.7 Å². The summed E-state index contributed by atoms with van der Waals surface area (Å²) < 4.78 is 10.3. The van der Waals surface area contributed by atoms with Crippen molar-refractivity contribution in [2.45, 2.75) is 51.2 Å². The molecule has 0 radical (unpaired) electrons. The van der Waals surface area contributed by atoms with Crippen molar-refractivity contribution in [2.75, 3.05) is 13.7 Å². The third-order valence-electron chi connectivity index (χ3n) is 4.27. The van der Waals surface area contributed by atoms with Crippen molar-refractivity contribution in [3.63, 3.8) is 0 Å². The second-order valence-electron chi connectivity index (χ2n) is 6.14. The molecule has 1 saturated carbocycles. The van der Waals surface area contributed by atoms with Crippen LogP contribution >= 0.6 is 0 Å². The van der Waals surface area contributed by atoms with Gasteiger partial charge in [-0.1, -0.05) is 0 Å². The minimum absolute atomic E-state index is 0.0290. The van der Waals surface area contributed by atoms with Gasteiger partial charge in [0.2, 0.25) is 0 Å². The Morgan fingerprint density at radius 3 is 2.62 bits per heavy atom. The number of aliphatic hydroxyl groups is 1. The minimum Gasteiger partial charge on any atom is -0.469 e. The lowest BCUT2D eigenvalue weighted by atomic mass is 9.86. The molecular formula is C16H25NO4. The third kappa shape index (κ3) is 4.08. The fraction of sp³-hybridized carbons (Fsp3) is 0.688. The van der Waals surface area contributed by atoms with E-state index in [2.05, 4.69) is 5.32 Å². The van der Waals surface area contributed by atoms with E-state index in [0.717, 1.165) is 31.4 Å². The van der Waals surface area contributed by atoms with Crippen molar-refractivity contribution in [1.82, 2.24) is 5.32 Å². The van der Waals surface area contributed by atoms with E-state index in [1.807, 2.05) is 19.1 Å². The first-order valence-electron chi connectivity index (χ1n) is 7.53. The van der Waals surface area contributed by atoms with Gasteiger partial charge in [-0.15, -0.1) is 0 Å². The Labute approximate surface area is 125 Å². The number of methoxy groups -OCH3 is 1. The lowest BCUT2D eigenvalue weighted by Gasteiger charge is -2.30. The molecule has 1 fully saturated rings. The highest BCUT2D eigenvalue weighted by Gasteiger charge is 2.30. The van der Waals surface area contributed by atoms with Crippen LogP contribution < -0.4 is 5.32 Å². The zero-order valence-corrected chi connectivity index (χ0v) is 13.0. The quantitative estimate of drug-likeness (QED) is 0.814. The van der Waals surface area contributed by atoms with E-state index in [9.17, 15) is 9.90 Å². The molecule has 1 aromatic rings. The molecule has 1 aliphatic rings. The normalized spacial score (nSPS) is 25.3. The summed E-state index contributed by atoms with van der Waals surface area (Å²) in [6.07, 6.45) is 3.53. The fourth-order valence-corrected chi connectivity index (χ4v) is 2.85. The number of nitrogens with one attached hydrogen (secondary N) is 1. The summed E-state index contributed by atoms with van der Waals surface area (Å²) in [6.45, 7) is 4.05. The molecule has 5 nitrogen and oxygen atoms in total. The van der Waals surface area contributed by atoms with Crippen LogP contribution in [0.3, 0.4) is 0 Å². The van der Waals surface area contributed by atoms with Crippen molar-refractivity contribution >= 4 is 5.97 Å². The third-order valence-corrected chi connectivity index (χ3v) is 4.27. The van der Waals surface area contributed by atoms with E-state index < -0.39 is 5.60 Å². The Balaban J connectivity index is 1.80. The van der Waals surface area contributed by atoms with E-state index >= 15 is 0 Å². The van der Waals surface area contributed by atoms with Crippen molar-refractivity contribution in [3.05, 3.63) is 23.7 Å². The fourth-order valence-electron chi connectivity index (χ4n) is 2.85. The first-order valence-corrected chi connectivity index (χ1v) is 7.53. The van der Waals surface area contributed by atoms with Gasteiger partial charge in [0.25, 0.3) is 0 Å². The number of hydrogen-bond donors (Lipinski definition) is 2. The van der Waals surface area contributed by atoms with E-state index in [1.165, 1.54) is 7.11 Å². The Morgan fingerprint density at radius 2 is 2.10 bits per heavy atom. The molecule has 1 heterocycles. The van der Waals surface area contributed by atoms with Gasteiger partial charge in [0.05, 0.1) is 13.0 Å². The Kier molecular flexibility index (Phi) is 5.06. The smallest absolute Gasteiger partial charge is 0.308 e. The number of hydrogen-bond acceptors (Lipinski definition) is 5. The minimum atomic E-state index is -1.02. The van der Waals surface area contributed by atoms with Crippen molar-refractivity contribution < 1.29 is 19.1 Å². The lowest BCUT2D eigenvalue weighted by molar-refractivity contribution is -0.146. The first-order chi connectivity index (χ1) is 9.92. The predicted octanol–water partition coefficient (Wildman–Crippen LogP) is 2.12. The molecule has 2 N–H and O–H groups in total. The second kappa shape index (κ2) is 6.62. The van der Waals surface area contributed by atoms with Gasteiger partial charge in [0.15, 0.2) is 0 Å². The molecule has 1 unspecified atom stereocenters. The summed E-state index contributed by atoms with van der Waals surface area (Å²) in [5, 5.41) is 13.9. The highest BCUT2D eigenvalue weighted by molar-refractivity contribution is 5.72. The van der Waals surface area contributed by atoms with Crippen LogP contribution in [0.15, 0.2) is 16.5 Å². The molecule has 0 saturated heterocycles. The Morgan fingerprint density at radius 1 is 1.43 bits per heavy atom. The van der Waals surface area contributed by atoms with Crippen LogP contribution in [0.5, 0.6) is 0 Å². The molecular weight excluding hydrogens is 270 g/mol. The molecule has 1 atom stereocenters. The summed E-state index contributed by atoms with van der Waals surface area (Å²) in [5.74, 6) is 1.30. The van der Waals surface area contributed by atoms with Crippen molar-refractivity contribution in [1.29, 1.82) is 0 Å².